The van der Waals surface area contributed by atoms with Gasteiger partial charge in [-0.3, -0.25) is 9.59 Å². The molecule has 2 amide bonds. The zero-order chi connectivity index (χ0) is 21.3. The van der Waals surface area contributed by atoms with E-state index in [0.29, 0.717) is 30.6 Å². The van der Waals surface area contributed by atoms with E-state index in [4.69, 9.17) is 0 Å². The van der Waals surface area contributed by atoms with Gasteiger partial charge in [0.2, 0.25) is 11.8 Å². The number of amides is 2. The topological polar surface area (TPSA) is 74.0 Å². The molecule has 1 saturated heterocycles. The Hall–Kier alpha value is -3.29. The van der Waals surface area contributed by atoms with Crippen LogP contribution < -0.4 is 10.6 Å². The zero-order valence-corrected chi connectivity index (χ0v) is 16.0. The van der Waals surface area contributed by atoms with Crippen LogP contribution in [0.15, 0.2) is 48.5 Å². The number of benzene rings is 2. The molecule has 0 saturated carbocycles. The Balaban J connectivity index is 1.59. The molecule has 0 aliphatic carbocycles. The first-order valence-electron chi connectivity index (χ1n) is 9.67. The van der Waals surface area contributed by atoms with Gasteiger partial charge in [0.15, 0.2) is 0 Å². The Kier molecular flexibility index (Phi) is 5.24. The summed E-state index contributed by atoms with van der Waals surface area (Å²) in [5, 5.41) is 6.33. The summed E-state index contributed by atoms with van der Waals surface area (Å²) >= 11 is 0. The highest BCUT2D eigenvalue weighted by molar-refractivity contribution is 5.92. The van der Waals surface area contributed by atoms with Crippen molar-refractivity contribution in [2.45, 2.75) is 31.5 Å². The minimum Gasteiger partial charge on any atom is -0.354 e. The van der Waals surface area contributed by atoms with E-state index in [9.17, 15) is 22.8 Å². The number of aryl methyl sites for hydroxylation is 1. The van der Waals surface area contributed by atoms with Gasteiger partial charge in [-0.15, -0.1) is 0 Å². The number of rotatable bonds is 5. The van der Waals surface area contributed by atoms with Crippen molar-refractivity contribution in [2.75, 3.05) is 6.54 Å². The number of aromatic nitrogens is 1. The number of fused-ring (bicyclic) bond motifs is 1. The summed E-state index contributed by atoms with van der Waals surface area (Å²) in [7, 11) is 0. The van der Waals surface area contributed by atoms with Crippen LogP contribution in [-0.2, 0) is 22.2 Å². The predicted octanol–water partition coefficient (Wildman–Crippen LogP) is 3.79. The number of para-hydroxylation sites is 1. The number of halogens is 3. The Morgan fingerprint density at radius 2 is 1.83 bits per heavy atom. The van der Waals surface area contributed by atoms with E-state index in [-0.39, 0.29) is 18.2 Å². The number of aromatic amines is 1. The molecule has 0 spiro atoms. The van der Waals surface area contributed by atoms with E-state index in [0.717, 1.165) is 28.6 Å². The lowest BCUT2D eigenvalue weighted by molar-refractivity contribution is -0.137. The van der Waals surface area contributed by atoms with Crippen molar-refractivity contribution >= 4 is 22.7 Å². The molecule has 1 aromatic heterocycles. The number of hydrogen-bond acceptors (Lipinski definition) is 2. The van der Waals surface area contributed by atoms with Crippen molar-refractivity contribution in [2.24, 2.45) is 0 Å². The van der Waals surface area contributed by atoms with Crippen molar-refractivity contribution in [1.29, 1.82) is 0 Å². The molecule has 1 unspecified atom stereocenters. The largest absolute Gasteiger partial charge is 0.416 e. The smallest absolute Gasteiger partial charge is 0.354 e. The second kappa shape index (κ2) is 7.85. The molecule has 1 atom stereocenters. The van der Waals surface area contributed by atoms with Crippen molar-refractivity contribution in [3.8, 4) is 11.3 Å². The van der Waals surface area contributed by atoms with E-state index in [1.807, 2.05) is 24.3 Å². The van der Waals surface area contributed by atoms with Crippen LogP contribution in [0.4, 0.5) is 13.2 Å². The first-order valence-corrected chi connectivity index (χ1v) is 9.67. The third-order valence-electron chi connectivity index (χ3n) is 5.30. The summed E-state index contributed by atoms with van der Waals surface area (Å²) in [4.78, 5) is 27.3. The van der Waals surface area contributed by atoms with E-state index in [1.165, 1.54) is 12.1 Å². The molecule has 156 valence electrons. The van der Waals surface area contributed by atoms with Gasteiger partial charge in [0.05, 0.1) is 5.56 Å². The molecule has 3 N–H and O–H groups in total. The van der Waals surface area contributed by atoms with Gasteiger partial charge in [0.25, 0.3) is 0 Å². The first-order chi connectivity index (χ1) is 14.3. The number of H-pyrrole nitrogens is 1. The SMILES string of the molecule is O=C(CCc1c(-c2ccc(C(F)(F)F)cc2)[nH]c2ccccc12)NC1CCNC1=O. The molecule has 3 aromatic rings. The minimum absolute atomic E-state index is 0.166. The van der Waals surface area contributed by atoms with E-state index >= 15 is 0 Å². The fourth-order valence-electron chi connectivity index (χ4n) is 3.77. The lowest BCUT2D eigenvalue weighted by Gasteiger charge is -2.11. The zero-order valence-electron chi connectivity index (χ0n) is 16.0. The number of alkyl halides is 3. The summed E-state index contributed by atoms with van der Waals surface area (Å²) < 4.78 is 38.7. The monoisotopic (exact) mass is 415 g/mol. The molecule has 1 fully saturated rings. The van der Waals surface area contributed by atoms with Crippen LogP contribution in [0.25, 0.3) is 22.2 Å². The van der Waals surface area contributed by atoms with E-state index in [1.54, 1.807) is 0 Å². The predicted molar refractivity (Wildman–Crippen MR) is 107 cm³/mol. The first kappa shape index (κ1) is 20.0. The Morgan fingerprint density at radius 1 is 1.10 bits per heavy atom. The fraction of sp³-hybridized carbons (Fsp3) is 0.273. The summed E-state index contributed by atoms with van der Waals surface area (Å²) in [6.45, 7) is 0.546. The van der Waals surface area contributed by atoms with Gasteiger partial charge < -0.3 is 15.6 Å². The molecule has 4 rings (SSSR count). The molecule has 0 bridgehead atoms. The molecule has 8 heteroatoms. The average molecular weight is 415 g/mol. The number of carbonyl (C=O) groups is 2. The summed E-state index contributed by atoms with van der Waals surface area (Å²) in [5.74, 6) is -0.415. The van der Waals surface area contributed by atoms with Gasteiger partial charge in [-0.2, -0.15) is 13.2 Å². The van der Waals surface area contributed by atoms with Crippen LogP contribution in [0.3, 0.4) is 0 Å². The maximum atomic E-state index is 12.9. The molecule has 30 heavy (non-hydrogen) atoms. The number of hydrogen-bond donors (Lipinski definition) is 3. The van der Waals surface area contributed by atoms with Crippen LogP contribution in [0, 0.1) is 0 Å². The van der Waals surface area contributed by atoms with Crippen LogP contribution in [-0.4, -0.2) is 29.4 Å². The van der Waals surface area contributed by atoms with Gasteiger partial charge in [0, 0.05) is 29.6 Å². The third kappa shape index (κ3) is 4.03. The van der Waals surface area contributed by atoms with Crippen LogP contribution in [0.2, 0.25) is 0 Å². The highest BCUT2D eigenvalue weighted by Crippen LogP contribution is 2.34. The van der Waals surface area contributed by atoms with Crippen molar-refractivity contribution < 1.29 is 22.8 Å². The third-order valence-corrected chi connectivity index (χ3v) is 5.30. The summed E-state index contributed by atoms with van der Waals surface area (Å²) in [6, 6.07) is 12.0. The second-order valence-corrected chi connectivity index (χ2v) is 7.30. The Bertz CT molecular complexity index is 1090. The summed E-state index contributed by atoms with van der Waals surface area (Å²) in [5.41, 5.74) is 2.30. The molecule has 0 radical (unpaired) electrons. The highest BCUT2D eigenvalue weighted by Gasteiger charge is 2.30. The van der Waals surface area contributed by atoms with Gasteiger partial charge in [-0.05, 0) is 42.2 Å². The molecule has 1 aliphatic heterocycles. The quantitative estimate of drug-likeness (QED) is 0.593. The van der Waals surface area contributed by atoms with Crippen LogP contribution >= 0.6 is 0 Å². The molecule has 1 aliphatic rings. The van der Waals surface area contributed by atoms with Gasteiger partial charge in [0.1, 0.15) is 6.04 Å². The van der Waals surface area contributed by atoms with Crippen molar-refractivity contribution in [3.05, 3.63) is 59.7 Å². The normalized spacial score (nSPS) is 16.6. The van der Waals surface area contributed by atoms with Crippen molar-refractivity contribution in [3.63, 3.8) is 0 Å². The Labute approximate surface area is 170 Å². The van der Waals surface area contributed by atoms with Gasteiger partial charge in [-0.25, -0.2) is 0 Å². The lowest BCUT2D eigenvalue weighted by Crippen LogP contribution is -2.40. The second-order valence-electron chi connectivity index (χ2n) is 7.30. The molecule has 5 nitrogen and oxygen atoms in total. The maximum Gasteiger partial charge on any atom is 0.416 e. The number of nitrogens with one attached hydrogen (secondary N) is 3. The minimum atomic E-state index is -4.40. The van der Waals surface area contributed by atoms with E-state index < -0.39 is 17.8 Å². The molecule has 2 heterocycles. The Morgan fingerprint density at radius 3 is 2.50 bits per heavy atom. The maximum absolute atomic E-state index is 12.9. The van der Waals surface area contributed by atoms with Gasteiger partial charge >= 0.3 is 6.18 Å². The molecular formula is C22H20F3N3O2. The number of carbonyl (C=O) groups excluding carboxylic acids is 2. The molecular weight excluding hydrogens is 395 g/mol. The highest BCUT2D eigenvalue weighted by atomic mass is 19.4. The fourth-order valence-corrected chi connectivity index (χ4v) is 3.77. The van der Waals surface area contributed by atoms with Crippen LogP contribution in [0.5, 0.6) is 0 Å². The van der Waals surface area contributed by atoms with Crippen LogP contribution in [0.1, 0.15) is 24.0 Å². The van der Waals surface area contributed by atoms with Crippen molar-refractivity contribution in [1.82, 2.24) is 15.6 Å². The summed E-state index contributed by atoms with van der Waals surface area (Å²) in [6.07, 6.45) is -3.28. The van der Waals surface area contributed by atoms with E-state index in [2.05, 4.69) is 15.6 Å². The standard InChI is InChI=1S/C22H20F3N3O2/c23-22(24,25)14-7-5-13(6-8-14)20-16(15-3-1-2-4-17(15)28-20)9-10-19(29)27-18-11-12-26-21(18)30/h1-8,18,28H,9-12H2,(H,26,30)(H,27,29). The average Bonchev–Trinajstić information content (AvgIpc) is 3.29. The lowest BCUT2D eigenvalue weighted by atomic mass is 10.00. The van der Waals surface area contributed by atoms with Gasteiger partial charge in [-0.1, -0.05) is 30.3 Å². The molecule has 2 aromatic carbocycles.